The number of aromatic nitrogens is 2. The van der Waals surface area contributed by atoms with Crippen LogP contribution in [0.25, 0.3) is 10.9 Å². The summed E-state index contributed by atoms with van der Waals surface area (Å²) in [6.07, 6.45) is 5.03. The Morgan fingerprint density at radius 1 is 1.39 bits per heavy atom. The summed E-state index contributed by atoms with van der Waals surface area (Å²) < 4.78 is 0. The molecule has 0 saturated carbocycles. The molecule has 0 atom stereocenters. The van der Waals surface area contributed by atoms with Gasteiger partial charge in [-0.1, -0.05) is 31.9 Å². The molecule has 0 aliphatic carbocycles. The van der Waals surface area contributed by atoms with Crippen molar-refractivity contribution in [3.05, 3.63) is 24.4 Å². The number of H-pyrrole nitrogens is 1. The van der Waals surface area contributed by atoms with Gasteiger partial charge >= 0.3 is 6.03 Å². The van der Waals surface area contributed by atoms with Gasteiger partial charge in [-0.2, -0.15) is 5.10 Å². The van der Waals surface area contributed by atoms with E-state index in [1.54, 1.807) is 6.20 Å². The highest BCUT2D eigenvalue weighted by Gasteiger charge is 2.05. The fourth-order valence-corrected chi connectivity index (χ4v) is 1.82. The van der Waals surface area contributed by atoms with Crippen LogP contribution in [0.1, 0.15) is 26.2 Å². The van der Waals surface area contributed by atoms with E-state index in [4.69, 9.17) is 0 Å². The molecule has 0 saturated heterocycles. The van der Waals surface area contributed by atoms with E-state index < -0.39 is 0 Å². The first-order valence-corrected chi connectivity index (χ1v) is 6.28. The fourth-order valence-electron chi connectivity index (χ4n) is 1.82. The topological polar surface area (TPSA) is 69.8 Å². The molecule has 3 N–H and O–H groups in total. The van der Waals surface area contributed by atoms with Gasteiger partial charge < -0.3 is 10.6 Å². The third-order valence-electron chi connectivity index (χ3n) is 2.79. The number of urea groups is 1. The quantitative estimate of drug-likeness (QED) is 0.710. The van der Waals surface area contributed by atoms with Crippen LogP contribution in [0.2, 0.25) is 0 Å². The third kappa shape index (κ3) is 3.00. The number of aromatic amines is 1. The van der Waals surface area contributed by atoms with Crippen molar-refractivity contribution in [1.82, 2.24) is 15.5 Å². The van der Waals surface area contributed by atoms with E-state index >= 15 is 0 Å². The summed E-state index contributed by atoms with van der Waals surface area (Å²) in [6, 6.07) is 5.52. The van der Waals surface area contributed by atoms with Crippen molar-refractivity contribution in [3.63, 3.8) is 0 Å². The first-order chi connectivity index (χ1) is 8.81. The second-order valence-corrected chi connectivity index (χ2v) is 4.23. The molecule has 0 unspecified atom stereocenters. The Morgan fingerprint density at radius 2 is 2.28 bits per heavy atom. The molecule has 0 fully saturated rings. The van der Waals surface area contributed by atoms with Gasteiger partial charge in [0.25, 0.3) is 0 Å². The van der Waals surface area contributed by atoms with Crippen LogP contribution in [0.3, 0.4) is 0 Å². The number of hydrogen-bond acceptors (Lipinski definition) is 2. The van der Waals surface area contributed by atoms with Crippen molar-refractivity contribution < 1.29 is 4.79 Å². The predicted molar refractivity (Wildman–Crippen MR) is 72.6 cm³/mol. The monoisotopic (exact) mass is 246 g/mol. The SMILES string of the molecule is CCCCCNC(=O)Nc1cccc2cn[nH]c12. The Bertz CT molecular complexity index is 520. The average Bonchev–Trinajstić information content (AvgIpc) is 2.84. The fraction of sp³-hybridized carbons (Fsp3) is 0.385. The summed E-state index contributed by atoms with van der Waals surface area (Å²) >= 11 is 0. The summed E-state index contributed by atoms with van der Waals surface area (Å²) in [6.45, 7) is 2.84. The van der Waals surface area contributed by atoms with Gasteiger partial charge in [0, 0.05) is 11.9 Å². The van der Waals surface area contributed by atoms with Gasteiger partial charge in [-0.15, -0.1) is 0 Å². The van der Waals surface area contributed by atoms with Gasteiger partial charge in [0.15, 0.2) is 0 Å². The molecule has 96 valence electrons. The van der Waals surface area contributed by atoms with Crippen LogP contribution in [0.15, 0.2) is 24.4 Å². The van der Waals surface area contributed by atoms with Crippen molar-refractivity contribution >= 4 is 22.6 Å². The minimum Gasteiger partial charge on any atom is -0.338 e. The third-order valence-corrected chi connectivity index (χ3v) is 2.79. The predicted octanol–water partition coefficient (Wildman–Crippen LogP) is 2.87. The highest BCUT2D eigenvalue weighted by Crippen LogP contribution is 2.19. The van der Waals surface area contributed by atoms with Crippen LogP contribution in [0.4, 0.5) is 10.5 Å². The Hall–Kier alpha value is -2.04. The largest absolute Gasteiger partial charge is 0.338 e. The molecular formula is C13H18N4O. The highest BCUT2D eigenvalue weighted by molar-refractivity contribution is 5.99. The molecule has 1 aromatic carbocycles. The maximum Gasteiger partial charge on any atom is 0.319 e. The normalized spacial score (nSPS) is 10.5. The Morgan fingerprint density at radius 3 is 3.11 bits per heavy atom. The number of benzene rings is 1. The molecule has 1 aromatic heterocycles. The first kappa shape index (κ1) is 12.4. The maximum absolute atomic E-state index is 11.7. The number of para-hydroxylation sites is 1. The minimum atomic E-state index is -0.173. The molecular weight excluding hydrogens is 228 g/mol. The van der Waals surface area contributed by atoms with E-state index in [2.05, 4.69) is 27.8 Å². The number of carbonyl (C=O) groups excluding carboxylic acids is 1. The molecule has 0 spiro atoms. The van der Waals surface area contributed by atoms with Crippen molar-refractivity contribution in [3.8, 4) is 0 Å². The molecule has 1 heterocycles. The lowest BCUT2D eigenvalue weighted by molar-refractivity contribution is 0.252. The van der Waals surface area contributed by atoms with E-state index in [1.165, 1.54) is 0 Å². The van der Waals surface area contributed by atoms with Crippen LogP contribution in [0, 0.1) is 0 Å². The van der Waals surface area contributed by atoms with Gasteiger partial charge in [-0.3, -0.25) is 5.10 Å². The van der Waals surface area contributed by atoms with E-state index in [1.807, 2.05) is 18.2 Å². The molecule has 2 amide bonds. The number of amides is 2. The van der Waals surface area contributed by atoms with Crippen LogP contribution in [-0.2, 0) is 0 Å². The Balaban J connectivity index is 1.92. The second-order valence-electron chi connectivity index (χ2n) is 4.23. The minimum absolute atomic E-state index is 0.173. The lowest BCUT2D eigenvalue weighted by Gasteiger charge is -2.07. The van der Waals surface area contributed by atoms with Crippen LogP contribution in [0.5, 0.6) is 0 Å². The van der Waals surface area contributed by atoms with Gasteiger partial charge in [-0.25, -0.2) is 4.79 Å². The van der Waals surface area contributed by atoms with Crippen molar-refractivity contribution in [2.45, 2.75) is 26.2 Å². The summed E-state index contributed by atoms with van der Waals surface area (Å²) in [7, 11) is 0. The standard InChI is InChI=1S/C13H18N4O/c1-2-3-4-8-14-13(18)16-11-7-5-6-10-9-15-17-12(10)11/h5-7,9H,2-4,8H2,1H3,(H,15,17)(H2,14,16,18). The molecule has 5 heteroatoms. The first-order valence-electron chi connectivity index (χ1n) is 6.28. The summed E-state index contributed by atoms with van der Waals surface area (Å²) in [5.41, 5.74) is 1.60. The number of anilines is 1. The Kier molecular flexibility index (Phi) is 4.17. The molecule has 2 rings (SSSR count). The summed E-state index contributed by atoms with van der Waals surface area (Å²) in [5.74, 6) is 0. The van der Waals surface area contributed by atoms with Crippen molar-refractivity contribution in [1.29, 1.82) is 0 Å². The van der Waals surface area contributed by atoms with Gasteiger partial charge in [0.1, 0.15) is 0 Å². The van der Waals surface area contributed by atoms with E-state index in [-0.39, 0.29) is 6.03 Å². The number of carbonyl (C=O) groups is 1. The zero-order valence-corrected chi connectivity index (χ0v) is 10.5. The number of fused-ring (bicyclic) bond motifs is 1. The van der Waals surface area contributed by atoms with E-state index in [0.29, 0.717) is 6.54 Å². The molecule has 0 aliphatic heterocycles. The molecule has 18 heavy (non-hydrogen) atoms. The van der Waals surface area contributed by atoms with Crippen LogP contribution < -0.4 is 10.6 Å². The van der Waals surface area contributed by atoms with Crippen LogP contribution >= 0.6 is 0 Å². The van der Waals surface area contributed by atoms with Gasteiger partial charge in [0.05, 0.1) is 17.4 Å². The number of rotatable bonds is 5. The molecule has 0 bridgehead atoms. The maximum atomic E-state index is 11.7. The van der Waals surface area contributed by atoms with E-state index in [9.17, 15) is 4.79 Å². The molecule has 0 radical (unpaired) electrons. The lowest BCUT2D eigenvalue weighted by Crippen LogP contribution is -2.29. The van der Waals surface area contributed by atoms with Gasteiger partial charge in [0.2, 0.25) is 0 Å². The second kappa shape index (κ2) is 6.05. The number of unbranched alkanes of at least 4 members (excludes halogenated alkanes) is 2. The van der Waals surface area contributed by atoms with Crippen molar-refractivity contribution in [2.24, 2.45) is 0 Å². The number of nitrogens with one attached hydrogen (secondary N) is 3. The smallest absolute Gasteiger partial charge is 0.319 e. The van der Waals surface area contributed by atoms with Crippen LogP contribution in [-0.4, -0.2) is 22.8 Å². The van der Waals surface area contributed by atoms with E-state index in [0.717, 1.165) is 35.9 Å². The Labute approximate surface area is 106 Å². The van der Waals surface area contributed by atoms with Gasteiger partial charge in [-0.05, 0) is 12.5 Å². The molecule has 5 nitrogen and oxygen atoms in total. The summed E-state index contributed by atoms with van der Waals surface area (Å²) in [4.78, 5) is 11.7. The molecule has 2 aromatic rings. The average molecular weight is 246 g/mol. The summed E-state index contributed by atoms with van der Waals surface area (Å²) in [5, 5.41) is 13.5. The highest BCUT2D eigenvalue weighted by atomic mass is 16.2. The van der Waals surface area contributed by atoms with Crippen molar-refractivity contribution in [2.75, 3.05) is 11.9 Å². The molecule has 0 aliphatic rings. The number of nitrogens with zero attached hydrogens (tertiary/aromatic N) is 1. The zero-order chi connectivity index (χ0) is 12.8. The number of hydrogen-bond donors (Lipinski definition) is 3. The lowest BCUT2D eigenvalue weighted by atomic mass is 10.2. The zero-order valence-electron chi connectivity index (χ0n) is 10.5.